The number of benzene rings is 3. The number of methoxy groups -OCH3 is 1. The lowest BCUT2D eigenvalue weighted by Gasteiger charge is -2.11. The molecule has 3 aromatic rings. The summed E-state index contributed by atoms with van der Waals surface area (Å²) in [4.78, 5) is 24.5. The number of amides is 2. The fraction of sp³-hybridized carbons (Fsp3) is 0.231. The zero-order valence-corrected chi connectivity index (χ0v) is 19.1. The summed E-state index contributed by atoms with van der Waals surface area (Å²) in [5, 5.41) is 8.78. The summed E-state index contributed by atoms with van der Waals surface area (Å²) in [7, 11) is 1.61. The lowest BCUT2D eigenvalue weighted by molar-refractivity contribution is -0.114. The number of carbonyl (C=O) groups excluding carboxylic acids is 2. The molecule has 3 N–H and O–H groups in total. The first kappa shape index (κ1) is 23.7. The summed E-state index contributed by atoms with van der Waals surface area (Å²) in [6, 6.07) is 20.0. The molecule has 33 heavy (non-hydrogen) atoms. The van der Waals surface area contributed by atoms with E-state index >= 15 is 0 Å². The van der Waals surface area contributed by atoms with Gasteiger partial charge in [0.1, 0.15) is 18.1 Å². The van der Waals surface area contributed by atoms with Gasteiger partial charge in [0.15, 0.2) is 0 Å². The molecule has 0 aliphatic heterocycles. The van der Waals surface area contributed by atoms with Crippen molar-refractivity contribution in [1.82, 2.24) is 5.32 Å². The Labute approximate surface area is 194 Å². The molecule has 0 saturated heterocycles. The van der Waals surface area contributed by atoms with Crippen molar-refractivity contribution in [3.8, 4) is 11.5 Å². The third-order valence-corrected chi connectivity index (χ3v) is 4.97. The van der Waals surface area contributed by atoms with Gasteiger partial charge in [-0.05, 0) is 74.0 Å². The van der Waals surface area contributed by atoms with Crippen LogP contribution in [0.1, 0.15) is 21.5 Å². The summed E-state index contributed by atoms with van der Waals surface area (Å²) in [5.41, 5.74) is 4.33. The molecule has 3 aromatic carbocycles. The van der Waals surface area contributed by atoms with E-state index in [4.69, 9.17) is 9.47 Å². The van der Waals surface area contributed by atoms with E-state index in [-0.39, 0.29) is 18.4 Å². The number of hydrogen-bond acceptors (Lipinski definition) is 5. The first-order chi connectivity index (χ1) is 15.9. The van der Waals surface area contributed by atoms with Gasteiger partial charge in [0.2, 0.25) is 5.91 Å². The monoisotopic (exact) mass is 447 g/mol. The summed E-state index contributed by atoms with van der Waals surface area (Å²) >= 11 is 0. The molecule has 0 saturated carbocycles. The Morgan fingerprint density at radius 3 is 2.24 bits per heavy atom. The van der Waals surface area contributed by atoms with Crippen molar-refractivity contribution in [2.24, 2.45) is 0 Å². The van der Waals surface area contributed by atoms with Gasteiger partial charge < -0.3 is 25.4 Å². The van der Waals surface area contributed by atoms with Gasteiger partial charge in [-0.3, -0.25) is 9.59 Å². The molecule has 3 rings (SSSR count). The average molecular weight is 448 g/mol. The Hall–Kier alpha value is -4.00. The quantitative estimate of drug-likeness (QED) is 0.406. The van der Waals surface area contributed by atoms with E-state index in [0.717, 1.165) is 17.0 Å². The van der Waals surface area contributed by atoms with Crippen molar-refractivity contribution in [2.75, 3.05) is 37.4 Å². The van der Waals surface area contributed by atoms with Gasteiger partial charge in [-0.1, -0.05) is 17.7 Å². The van der Waals surface area contributed by atoms with Crippen LogP contribution >= 0.6 is 0 Å². The predicted octanol–water partition coefficient (Wildman–Crippen LogP) is 4.17. The normalized spacial score (nSPS) is 10.3. The lowest BCUT2D eigenvalue weighted by atomic mass is 10.1. The van der Waals surface area contributed by atoms with Crippen LogP contribution in [0.5, 0.6) is 11.5 Å². The van der Waals surface area contributed by atoms with Crippen molar-refractivity contribution in [2.45, 2.75) is 13.8 Å². The largest absolute Gasteiger partial charge is 0.497 e. The highest BCUT2D eigenvalue weighted by atomic mass is 16.5. The van der Waals surface area contributed by atoms with E-state index < -0.39 is 0 Å². The number of hydrogen-bond donors (Lipinski definition) is 3. The first-order valence-corrected chi connectivity index (χ1v) is 10.7. The predicted molar refractivity (Wildman–Crippen MR) is 130 cm³/mol. The summed E-state index contributed by atoms with van der Waals surface area (Å²) < 4.78 is 10.7. The summed E-state index contributed by atoms with van der Waals surface area (Å²) in [6.07, 6.45) is 0. The molecular formula is C26H29N3O4. The Bertz CT molecular complexity index is 1080. The number of anilines is 2. The van der Waals surface area contributed by atoms with Crippen molar-refractivity contribution >= 4 is 23.2 Å². The van der Waals surface area contributed by atoms with Crippen LogP contribution in [0.25, 0.3) is 0 Å². The van der Waals surface area contributed by atoms with Gasteiger partial charge >= 0.3 is 0 Å². The summed E-state index contributed by atoms with van der Waals surface area (Å²) in [5.74, 6) is 1.09. The van der Waals surface area contributed by atoms with Crippen LogP contribution in [-0.4, -0.2) is 38.6 Å². The molecule has 0 aromatic heterocycles. The van der Waals surface area contributed by atoms with Crippen molar-refractivity contribution in [1.29, 1.82) is 0 Å². The molecule has 2 amide bonds. The van der Waals surface area contributed by atoms with E-state index in [0.29, 0.717) is 30.2 Å². The molecule has 7 heteroatoms. The van der Waals surface area contributed by atoms with Gasteiger partial charge in [-0.15, -0.1) is 0 Å². The molecule has 0 spiro atoms. The van der Waals surface area contributed by atoms with Gasteiger partial charge in [0.05, 0.1) is 20.2 Å². The maximum atomic E-state index is 12.3. The Kier molecular flexibility index (Phi) is 8.30. The second-order valence-corrected chi connectivity index (χ2v) is 7.58. The van der Waals surface area contributed by atoms with Crippen LogP contribution in [0, 0.1) is 13.8 Å². The van der Waals surface area contributed by atoms with Crippen molar-refractivity contribution in [3.05, 3.63) is 83.4 Å². The van der Waals surface area contributed by atoms with E-state index in [2.05, 4.69) is 22.0 Å². The molecular weight excluding hydrogens is 418 g/mol. The zero-order chi connectivity index (χ0) is 23.6. The molecule has 0 unspecified atom stereocenters. The number of aryl methyl sites for hydroxylation is 2. The number of nitrogens with one attached hydrogen (secondary N) is 3. The fourth-order valence-corrected chi connectivity index (χ4v) is 3.21. The van der Waals surface area contributed by atoms with Crippen LogP contribution in [0.4, 0.5) is 11.4 Å². The van der Waals surface area contributed by atoms with E-state index in [1.165, 1.54) is 5.56 Å². The topological polar surface area (TPSA) is 88.7 Å². The highest BCUT2D eigenvalue weighted by Gasteiger charge is 2.07. The van der Waals surface area contributed by atoms with Crippen molar-refractivity contribution < 1.29 is 19.1 Å². The minimum absolute atomic E-state index is 0.153. The Balaban J connectivity index is 1.40. The van der Waals surface area contributed by atoms with Crippen LogP contribution in [0.3, 0.4) is 0 Å². The van der Waals surface area contributed by atoms with Gasteiger partial charge in [0, 0.05) is 16.9 Å². The third-order valence-electron chi connectivity index (χ3n) is 4.97. The Morgan fingerprint density at radius 1 is 0.879 bits per heavy atom. The van der Waals surface area contributed by atoms with Gasteiger partial charge in [0.25, 0.3) is 5.91 Å². The third kappa shape index (κ3) is 7.28. The minimum atomic E-state index is -0.206. The smallest absolute Gasteiger partial charge is 0.251 e. The average Bonchev–Trinajstić information content (AvgIpc) is 2.82. The van der Waals surface area contributed by atoms with Crippen molar-refractivity contribution in [3.63, 3.8) is 0 Å². The molecule has 0 heterocycles. The fourth-order valence-electron chi connectivity index (χ4n) is 3.21. The van der Waals surface area contributed by atoms with E-state index in [9.17, 15) is 9.59 Å². The lowest BCUT2D eigenvalue weighted by Crippen LogP contribution is -2.28. The second kappa shape index (κ2) is 11.6. The zero-order valence-electron chi connectivity index (χ0n) is 19.1. The standard InChI is InChI=1S/C26H29N3O4/c1-18-4-13-24(19(2)16-18)28-17-25(30)29-21-7-5-20(6-8-21)26(31)27-14-15-33-23-11-9-22(32-3)10-12-23/h4-13,16,28H,14-15,17H2,1-3H3,(H,27,31)(H,29,30). The number of ether oxygens (including phenoxy) is 2. The molecule has 172 valence electrons. The number of rotatable bonds is 10. The highest BCUT2D eigenvalue weighted by molar-refractivity contribution is 5.96. The SMILES string of the molecule is COc1ccc(OCCNC(=O)c2ccc(NC(=O)CNc3ccc(C)cc3C)cc2)cc1. The van der Waals surface area contributed by atoms with Crippen LogP contribution in [0.15, 0.2) is 66.7 Å². The van der Waals surface area contributed by atoms with E-state index in [1.807, 2.05) is 50.2 Å². The molecule has 7 nitrogen and oxygen atoms in total. The van der Waals surface area contributed by atoms with Crippen LogP contribution < -0.4 is 25.4 Å². The van der Waals surface area contributed by atoms with E-state index in [1.54, 1.807) is 31.4 Å². The maximum Gasteiger partial charge on any atom is 0.251 e. The van der Waals surface area contributed by atoms with Gasteiger partial charge in [-0.25, -0.2) is 0 Å². The number of carbonyl (C=O) groups is 2. The van der Waals surface area contributed by atoms with Crippen LogP contribution in [-0.2, 0) is 4.79 Å². The van der Waals surface area contributed by atoms with Crippen LogP contribution in [0.2, 0.25) is 0 Å². The molecule has 0 fully saturated rings. The molecule has 0 radical (unpaired) electrons. The molecule has 0 aliphatic carbocycles. The first-order valence-electron chi connectivity index (χ1n) is 10.7. The second-order valence-electron chi connectivity index (χ2n) is 7.58. The highest BCUT2D eigenvalue weighted by Crippen LogP contribution is 2.17. The van der Waals surface area contributed by atoms with Gasteiger partial charge in [-0.2, -0.15) is 0 Å². The maximum absolute atomic E-state index is 12.3. The Morgan fingerprint density at radius 2 is 1.58 bits per heavy atom. The summed E-state index contributed by atoms with van der Waals surface area (Å²) in [6.45, 7) is 4.90. The minimum Gasteiger partial charge on any atom is -0.497 e. The molecule has 0 aliphatic rings. The molecule has 0 atom stereocenters. The molecule has 0 bridgehead atoms.